The van der Waals surface area contributed by atoms with Gasteiger partial charge in [0, 0.05) is 36.6 Å². The number of rotatable bonds is 5. The van der Waals surface area contributed by atoms with Crippen LogP contribution in [0, 0.1) is 6.92 Å². The quantitative estimate of drug-likeness (QED) is 0.881. The Morgan fingerprint density at radius 2 is 2.05 bits per heavy atom. The van der Waals surface area contributed by atoms with Gasteiger partial charge >= 0.3 is 0 Å². The molecule has 0 radical (unpaired) electrons. The van der Waals surface area contributed by atoms with Gasteiger partial charge in [-0.05, 0) is 31.2 Å². The summed E-state index contributed by atoms with van der Waals surface area (Å²) in [4.78, 5) is 16.3. The van der Waals surface area contributed by atoms with Crippen LogP contribution in [0.2, 0.25) is 0 Å². The van der Waals surface area contributed by atoms with Crippen LogP contribution in [0.15, 0.2) is 29.6 Å². The third-order valence-corrected chi connectivity index (χ3v) is 3.59. The van der Waals surface area contributed by atoms with Crippen molar-refractivity contribution in [3.8, 4) is 0 Å². The fraction of sp³-hybridized carbons (Fsp3) is 0.286. The first-order chi connectivity index (χ1) is 9.19. The van der Waals surface area contributed by atoms with E-state index in [1.54, 1.807) is 11.3 Å². The van der Waals surface area contributed by atoms with Crippen LogP contribution < -0.4 is 10.6 Å². The number of carbonyl (C=O) groups is 1. The number of aryl methyl sites for hydroxylation is 1. The smallest absolute Gasteiger partial charge is 0.251 e. The third kappa shape index (κ3) is 3.79. The molecule has 0 unspecified atom stereocenters. The number of anilines is 1. The molecule has 1 aromatic heterocycles. The Hall–Kier alpha value is -1.88. The number of nitrogens with one attached hydrogen (secondary N) is 2. The second kappa shape index (κ2) is 6.33. The molecule has 100 valence electrons. The summed E-state index contributed by atoms with van der Waals surface area (Å²) in [5.74, 6) is -0.0467. The Balaban J connectivity index is 1.83. The summed E-state index contributed by atoms with van der Waals surface area (Å²) in [6.45, 7) is 2.59. The lowest BCUT2D eigenvalue weighted by Crippen LogP contribution is -2.25. The van der Waals surface area contributed by atoms with E-state index in [4.69, 9.17) is 0 Å². The van der Waals surface area contributed by atoms with E-state index in [2.05, 4.69) is 15.6 Å². The summed E-state index contributed by atoms with van der Waals surface area (Å²) in [5, 5.41) is 9.01. The summed E-state index contributed by atoms with van der Waals surface area (Å²) in [7, 11) is 1.85. The van der Waals surface area contributed by atoms with Gasteiger partial charge in [-0.1, -0.05) is 0 Å². The van der Waals surface area contributed by atoms with Crippen molar-refractivity contribution in [2.45, 2.75) is 13.3 Å². The van der Waals surface area contributed by atoms with E-state index in [1.165, 1.54) is 0 Å². The minimum Gasteiger partial charge on any atom is -0.388 e. The van der Waals surface area contributed by atoms with Gasteiger partial charge in [0.2, 0.25) is 0 Å². The summed E-state index contributed by atoms with van der Waals surface area (Å²) in [5.41, 5.74) is 2.70. The lowest BCUT2D eigenvalue weighted by Gasteiger charge is -2.05. The zero-order valence-electron chi connectivity index (χ0n) is 11.1. The average molecular weight is 275 g/mol. The molecule has 4 nitrogen and oxygen atoms in total. The van der Waals surface area contributed by atoms with Gasteiger partial charge in [0.15, 0.2) is 0 Å². The summed E-state index contributed by atoms with van der Waals surface area (Å²) >= 11 is 1.63. The molecule has 5 heteroatoms. The van der Waals surface area contributed by atoms with Gasteiger partial charge in [0.25, 0.3) is 5.91 Å². The first kappa shape index (κ1) is 13.5. The highest BCUT2D eigenvalue weighted by Crippen LogP contribution is 2.09. The number of amides is 1. The lowest BCUT2D eigenvalue weighted by atomic mass is 10.2. The molecular weight excluding hydrogens is 258 g/mol. The SMILES string of the molecule is CNc1ccc(C(=O)NCCc2csc(C)n2)cc1. The Labute approximate surface area is 116 Å². The van der Waals surface area contributed by atoms with Crippen molar-refractivity contribution in [2.24, 2.45) is 0 Å². The molecule has 19 heavy (non-hydrogen) atoms. The van der Waals surface area contributed by atoms with Crippen LogP contribution in [0.25, 0.3) is 0 Å². The van der Waals surface area contributed by atoms with Crippen LogP contribution in [-0.2, 0) is 6.42 Å². The van der Waals surface area contributed by atoms with Crippen molar-refractivity contribution in [2.75, 3.05) is 18.9 Å². The van der Waals surface area contributed by atoms with Crippen molar-refractivity contribution < 1.29 is 4.79 Å². The molecule has 0 fully saturated rings. The molecule has 2 rings (SSSR count). The normalized spacial score (nSPS) is 10.2. The highest BCUT2D eigenvalue weighted by molar-refractivity contribution is 7.09. The van der Waals surface area contributed by atoms with E-state index in [0.29, 0.717) is 12.1 Å². The van der Waals surface area contributed by atoms with Crippen molar-refractivity contribution in [3.05, 3.63) is 45.9 Å². The van der Waals surface area contributed by atoms with Gasteiger partial charge in [-0.3, -0.25) is 4.79 Å². The standard InChI is InChI=1S/C14H17N3OS/c1-10-17-13(9-19-10)7-8-16-14(18)11-3-5-12(15-2)6-4-11/h3-6,9,15H,7-8H2,1-2H3,(H,16,18). The van der Waals surface area contributed by atoms with Gasteiger partial charge in [0.1, 0.15) is 0 Å². The van der Waals surface area contributed by atoms with Crippen LogP contribution in [0.4, 0.5) is 5.69 Å². The zero-order chi connectivity index (χ0) is 13.7. The molecule has 1 amide bonds. The van der Waals surface area contributed by atoms with Crippen LogP contribution in [-0.4, -0.2) is 24.5 Å². The first-order valence-electron chi connectivity index (χ1n) is 6.16. The van der Waals surface area contributed by atoms with Crippen molar-refractivity contribution in [1.82, 2.24) is 10.3 Å². The predicted octanol–water partition coefficient (Wildman–Crippen LogP) is 2.47. The fourth-order valence-corrected chi connectivity index (χ4v) is 2.36. The topological polar surface area (TPSA) is 54.0 Å². The van der Waals surface area contributed by atoms with Crippen molar-refractivity contribution >= 4 is 22.9 Å². The van der Waals surface area contributed by atoms with Crippen LogP contribution >= 0.6 is 11.3 Å². The first-order valence-corrected chi connectivity index (χ1v) is 7.04. The molecule has 0 aliphatic rings. The van der Waals surface area contributed by atoms with Crippen LogP contribution in [0.5, 0.6) is 0 Å². The van der Waals surface area contributed by atoms with E-state index >= 15 is 0 Å². The molecule has 1 heterocycles. The maximum atomic E-state index is 11.9. The largest absolute Gasteiger partial charge is 0.388 e. The van der Waals surface area contributed by atoms with E-state index in [0.717, 1.165) is 22.8 Å². The summed E-state index contributed by atoms with van der Waals surface area (Å²) in [6, 6.07) is 7.40. The number of carbonyl (C=O) groups excluding carboxylic acids is 1. The Morgan fingerprint density at radius 3 is 2.63 bits per heavy atom. The summed E-state index contributed by atoms with van der Waals surface area (Å²) in [6.07, 6.45) is 0.769. The average Bonchev–Trinajstić information content (AvgIpc) is 2.84. The van der Waals surface area contributed by atoms with Gasteiger partial charge in [-0.25, -0.2) is 4.98 Å². The maximum Gasteiger partial charge on any atom is 0.251 e. The molecule has 0 aliphatic heterocycles. The van der Waals surface area contributed by atoms with E-state index in [1.807, 2.05) is 43.6 Å². The number of nitrogens with zero attached hydrogens (tertiary/aromatic N) is 1. The summed E-state index contributed by atoms with van der Waals surface area (Å²) < 4.78 is 0. The van der Waals surface area contributed by atoms with E-state index in [9.17, 15) is 4.79 Å². The van der Waals surface area contributed by atoms with Gasteiger partial charge in [0.05, 0.1) is 10.7 Å². The lowest BCUT2D eigenvalue weighted by molar-refractivity contribution is 0.0954. The molecule has 0 saturated heterocycles. The predicted molar refractivity (Wildman–Crippen MR) is 78.9 cm³/mol. The molecule has 2 aromatic rings. The van der Waals surface area contributed by atoms with E-state index in [-0.39, 0.29) is 5.91 Å². The Morgan fingerprint density at radius 1 is 1.32 bits per heavy atom. The highest BCUT2D eigenvalue weighted by atomic mass is 32.1. The number of benzene rings is 1. The van der Waals surface area contributed by atoms with Crippen molar-refractivity contribution in [1.29, 1.82) is 0 Å². The highest BCUT2D eigenvalue weighted by Gasteiger charge is 2.05. The minimum atomic E-state index is -0.0467. The second-order valence-corrected chi connectivity index (χ2v) is 5.25. The number of thiazole rings is 1. The number of hydrogen-bond donors (Lipinski definition) is 2. The van der Waals surface area contributed by atoms with E-state index < -0.39 is 0 Å². The monoisotopic (exact) mass is 275 g/mol. The van der Waals surface area contributed by atoms with Gasteiger partial charge in [-0.15, -0.1) is 11.3 Å². The molecule has 0 atom stereocenters. The number of hydrogen-bond acceptors (Lipinski definition) is 4. The molecule has 2 N–H and O–H groups in total. The zero-order valence-corrected chi connectivity index (χ0v) is 11.9. The Bertz CT molecular complexity index is 548. The third-order valence-electron chi connectivity index (χ3n) is 2.77. The molecule has 0 bridgehead atoms. The molecule has 1 aromatic carbocycles. The van der Waals surface area contributed by atoms with Crippen LogP contribution in [0.1, 0.15) is 21.1 Å². The van der Waals surface area contributed by atoms with Crippen LogP contribution in [0.3, 0.4) is 0 Å². The van der Waals surface area contributed by atoms with Crippen molar-refractivity contribution in [3.63, 3.8) is 0 Å². The number of aromatic nitrogens is 1. The minimum absolute atomic E-state index is 0.0467. The molecule has 0 saturated carbocycles. The van der Waals surface area contributed by atoms with Gasteiger partial charge < -0.3 is 10.6 Å². The maximum absolute atomic E-state index is 11.9. The van der Waals surface area contributed by atoms with Gasteiger partial charge in [-0.2, -0.15) is 0 Å². The second-order valence-electron chi connectivity index (χ2n) is 4.19. The molecule has 0 spiro atoms. The Kier molecular flexibility index (Phi) is 4.52. The fourth-order valence-electron chi connectivity index (χ4n) is 1.72. The molecule has 0 aliphatic carbocycles. The molecular formula is C14H17N3OS.